The molecule has 7 atom stereocenters. The monoisotopic (exact) mass is 774 g/mol. The SMILES string of the molecule is CC(=O)OCC1CC(OB2C(O)CC(OC(C)=O)C(OC(C)=O)C2COC(C)=O)CC(Oc2c(-c3cc(O)c(O)c(O)c3)oc3cc(O)cc(O)c3c2=O)O1. The Morgan fingerprint density at radius 3 is 2.05 bits per heavy atom. The number of ether oxygens (including phenoxy) is 6. The van der Waals surface area contributed by atoms with Crippen LogP contribution in [0.25, 0.3) is 22.3 Å². The number of hydrogen-bond acceptors (Lipinski definition) is 19. The summed E-state index contributed by atoms with van der Waals surface area (Å²) in [6.07, 6.45) is -6.19. The summed E-state index contributed by atoms with van der Waals surface area (Å²) in [6.45, 7) is 2.56. The van der Waals surface area contributed by atoms with E-state index in [-0.39, 0.29) is 37.0 Å². The van der Waals surface area contributed by atoms with Crippen molar-refractivity contribution >= 4 is 41.8 Å². The molecule has 2 aliphatic heterocycles. The number of fused-ring (bicyclic) bond motifs is 1. The summed E-state index contributed by atoms with van der Waals surface area (Å²) in [5, 5.41) is 62.1. The second kappa shape index (κ2) is 16.7. The predicted octanol–water partition coefficient (Wildman–Crippen LogP) is 1.91. The van der Waals surface area contributed by atoms with Crippen molar-refractivity contribution in [3.05, 3.63) is 34.5 Å². The van der Waals surface area contributed by atoms with Crippen molar-refractivity contribution in [1.82, 2.24) is 0 Å². The van der Waals surface area contributed by atoms with Crippen LogP contribution in [0.4, 0.5) is 0 Å². The van der Waals surface area contributed by atoms with Crippen molar-refractivity contribution in [1.29, 1.82) is 0 Å². The molecular formula is C35H39BO19. The van der Waals surface area contributed by atoms with E-state index in [0.29, 0.717) is 0 Å². The highest BCUT2D eigenvalue weighted by atomic mass is 16.7. The Hall–Kier alpha value is -5.73. The largest absolute Gasteiger partial charge is 0.508 e. The second-order valence-electron chi connectivity index (χ2n) is 13.1. The van der Waals surface area contributed by atoms with Gasteiger partial charge in [0.15, 0.2) is 23.0 Å². The number of carbonyl (C=O) groups excluding carboxylic acids is 4. The normalized spacial score (nSPS) is 23.8. The Balaban J connectivity index is 1.54. The Kier molecular flexibility index (Phi) is 12.3. The van der Waals surface area contributed by atoms with Crippen molar-refractivity contribution in [3.8, 4) is 45.8 Å². The summed E-state index contributed by atoms with van der Waals surface area (Å²) in [4.78, 5) is 61.7. The molecule has 2 aromatic carbocycles. The van der Waals surface area contributed by atoms with Gasteiger partial charge in [-0.2, -0.15) is 0 Å². The van der Waals surface area contributed by atoms with Gasteiger partial charge in [0.25, 0.3) is 0 Å². The van der Waals surface area contributed by atoms with Crippen molar-refractivity contribution in [2.24, 2.45) is 0 Å². The number of phenolic OH excluding ortho intramolecular Hbond substituents is 5. The van der Waals surface area contributed by atoms with Gasteiger partial charge in [-0.3, -0.25) is 24.0 Å². The highest BCUT2D eigenvalue weighted by molar-refractivity contribution is 6.55. The predicted molar refractivity (Wildman–Crippen MR) is 184 cm³/mol. The molecule has 2 fully saturated rings. The van der Waals surface area contributed by atoms with Crippen LogP contribution < -0.4 is 10.2 Å². The van der Waals surface area contributed by atoms with Crippen LogP contribution in [0.3, 0.4) is 0 Å². The number of carbonyl (C=O) groups is 4. The number of aliphatic hydroxyl groups is 1. The van der Waals surface area contributed by atoms with E-state index in [1.165, 1.54) is 0 Å². The topological polar surface area (TPSA) is 284 Å². The summed E-state index contributed by atoms with van der Waals surface area (Å²) >= 11 is 0. The molecule has 0 bridgehead atoms. The fourth-order valence-corrected chi connectivity index (χ4v) is 6.62. The average Bonchev–Trinajstić information content (AvgIpc) is 3.08. The van der Waals surface area contributed by atoms with Gasteiger partial charge in [-0.1, -0.05) is 0 Å². The highest BCUT2D eigenvalue weighted by Gasteiger charge is 2.53. The van der Waals surface area contributed by atoms with E-state index >= 15 is 0 Å². The zero-order chi connectivity index (χ0) is 40.3. The summed E-state index contributed by atoms with van der Waals surface area (Å²) in [6, 6.07) is 2.42. The molecule has 0 aliphatic carbocycles. The van der Waals surface area contributed by atoms with Gasteiger partial charge in [0.2, 0.25) is 17.5 Å². The molecule has 3 aromatic rings. The van der Waals surface area contributed by atoms with E-state index < -0.39 is 131 Å². The molecule has 55 heavy (non-hydrogen) atoms. The van der Waals surface area contributed by atoms with E-state index in [0.717, 1.165) is 52.0 Å². The summed E-state index contributed by atoms with van der Waals surface area (Å²) in [5.41, 5.74) is -1.51. The standard InChI is InChI=1S/C35H39BO19/c1-14(37)48-12-21-9-20(55-36-22(13-49-15(2)38)34(51-17(4)40)27(11-28(36)45)50-16(3)39)10-29(52-21)54-35-32(47)30-23(42)7-19(41)8-26(30)53-33(35)18-5-24(43)31(46)25(44)6-18/h5-8,20-22,27-29,34,41-46H,9-13H2,1-4H3. The first kappa shape index (κ1) is 40.5. The van der Waals surface area contributed by atoms with Gasteiger partial charge in [-0.05, 0) is 12.1 Å². The molecule has 2 saturated heterocycles. The smallest absolute Gasteiger partial charge is 0.332 e. The molecule has 6 N–H and O–H groups in total. The van der Waals surface area contributed by atoms with Crippen LogP contribution in [-0.2, 0) is 47.5 Å². The van der Waals surface area contributed by atoms with Crippen molar-refractivity contribution in [2.45, 2.75) is 89.5 Å². The molecule has 296 valence electrons. The summed E-state index contributed by atoms with van der Waals surface area (Å²) < 4.78 is 45.7. The number of hydrogen-bond donors (Lipinski definition) is 6. The Bertz CT molecular complexity index is 1990. The fraction of sp³-hybridized carbons (Fsp3) is 0.457. The third kappa shape index (κ3) is 9.51. The van der Waals surface area contributed by atoms with Gasteiger partial charge in [-0.25, -0.2) is 0 Å². The molecule has 0 spiro atoms. The van der Waals surface area contributed by atoms with Crippen LogP contribution in [0.1, 0.15) is 47.0 Å². The zero-order valence-electron chi connectivity index (χ0n) is 30.0. The lowest BCUT2D eigenvalue weighted by Crippen LogP contribution is -2.58. The maximum absolute atomic E-state index is 14.0. The maximum atomic E-state index is 14.0. The Labute approximate surface area is 311 Å². The van der Waals surface area contributed by atoms with E-state index in [1.54, 1.807) is 0 Å². The number of rotatable bonds is 11. The number of esters is 4. The molecule has 5 rings (SSSR count). The van der Waals surface area contributed by atoms with Crippen molar-refractivity contribution in [2.75, 3.05) is 13.2 Å². The van der Waals surface area contributed by atoms with E-state index in [9.17, 15) is 54.6 Å². The molecule has 2 aliphatic rings. The lowest BCUT2D eigenvalue weighted by atomic mass is 9.44. The van der Waals surface area contributed by atoms with Gasteiger partial charge in [0.05, 0.1) is 18.7 Å². The molecule has 3 heterocycles. The highest BCUT2D eigenvalue weighted by Crippen LogP contribution is 2.43. The molecule has 0 saturated carbocycles. The first-order chi connectivity index (χ1) is 25.9. The molecule has 19 nitrogen and oxygen atoms in total. The zero-order valence-corrected chi connectivity index (χ0v) is 30.0. The number of phenols is 5. The molecule has 1 aromatic heterocycles. The van der Waals surface area contributed by atoms with Crippen LogP contribution in [0, 0.1) is 0 Å². The number of aliphatic hydroxyl groups excluding tert-OH is 1. The fourth-order valence-electron chi connectivity index (χ4n) is 6.62. The van der Waals surface area contributed by atoms with Crippen molar-refractivity contribution < 1.29 is 87.3 Å². The van der Waals surface area contributed by atoms with Crippen LogP contribution in [-0.4, -0.2) is 111 Å². The van der Waals surface area contributed by atoms with Gasteiger partial charge in [0.1, 0.15) is 41.3 Å². The molecule has 20 heteroatoms. The van der Waals surface area contributed by atoms with E-state index in [1.807, 2.05) is 0 Å². The van der Waals surface area contributed by atoms with Gasteiger partial charge in [-0.15, -0.1) is 0 Å². The first-order valence-electron chi connectivity index (χ1n) is 17.0. The average molecular weight is 774 g/mol. The van der Waals surface area contributed by atoms with E-state index in [4.69, 9.17) is 37.5 Å². The van der Waals surface area contributed by atoms with Crippen molar-refractivity contribution in [3.63, 3.8) is 0 Å². The van der Waals surface area contributed by atoms with Crippen LogP contribution in [0.15, 0.2) is 33.5 Å². The number of aromatic hydroxyl groups is 5. The first-order valence-corrected chi connectivity index (χ1v) is 17.0. The minimum absolute atomic E-state index is 0.00120. The quantitative estimate of drug-likeness (QED) is 0.0702. The van der Waals surface area contributed by atoms with Gasteiger partial charge in [0, 0.05) is 76.6 Å². The third-order valence-corrected chi connectivity index (χ3v) is 8.81. The Morgan fingerprint density at radius 1 is 0.800 bits per heavy atom. The van der Waals surface area contributed by atoms with Gasteiger partial charge < -0.3 is 68.1 Å². The Morgan fingerprint density at radius 2 is 1.44 bits per heavy atom. The molecular weight excluding hydrogens is 735 g/mol. The summed E-state index contributed by atoms with van der Waals surface area (Å²) in [7, 11) is 0. The third-order valence-electron chi connectivity index (χ3n) is 8.81. The van der Waals surface area contributed by atoms with Crippen LogP contribution in [0.2, 0.25) is 5.82 Å². The second-order valence-corrected chi connectivity index (χ2v) is 13.1. The van der Waals surface area contributed by atoms with Crippen LogP contribution >= 0.6 is 0 Å². The maximum Gasteiger partial charge on any atom is 0.332 e. The van der Waals surface area contributed by atoms with Gasteiger partial charge >= 0.3 is 30.8 Å². The lowest BCUT2D eigenvalue weighted by molar-refractivity contribution is -0.191. The lowest BCUT2D eigenvalue weighted by Gasteiger charge is -2.44. The van der Waals surface area contributed by atoms with Crippen LogP contribution in [0.5, 0.6) is 34.5 Å². The van der Waals surface area contributed by atoms with E-state index in [2.05, 4.69) is 0 Å². The number of benzene rings is 2. The minimum atomic E-state index is -1.44. The summed E-state index contributed by atoms with van der Waals surface area (Å²) in [5.74, 6) is -8.62. The minimum Gasteiger partial charge on any atom is -0.508 e. The molecule has 7 unspecified atom stereocenters. The molecule has 0 radical (unpaired) electrons. The molecule has 0 amide bonds.